The summed E-state index contributed by atoms with van der Waals surface area (Å²) in [6.45, 7) is 4.69. The van der Waals surface area contributed by atoms with Crippen molar-refractivity contribution in [2.45, 2.75) is 44.9 Å². The Morgan fingerprint density at radius 1 is 1.32 bits per heavy atom. The van der Waals surface area contributed by atoms with Crippen LogP contribution in [0.15, 0.2) is 30.5 Å². The number of benzene rings is 1. The smallest absolute Gasteiger partial charge is 0.244 e. The predicted molar refractivity (Wildman–Crippen MR) is 91.5 cm³/mol. The lowest BCUT2D eigenvalue weighted by atomic mass is 9.82. The molecule has 2 heterocycles. The highest BCUT2D eigenvalue weighted by molar-refractivity contribution is 5.76. The fourth-order valence-corrected chi connectivity index (χ4v) is 3.31. The molecular weight excluding hydrogens is 320 g/mol. The van der Waals surface area contributed by atoms with Crippen molar-refractivity contribution in [3.63, 3.8) is 0 Å². The quantitative estimate of drug-likeness (QED) is 0.868. The molecule has 1 atom stereocenters. The molecule has 1 saturated heterocycles. The Morgan fingerprint density at radius 2 is 2.00 bits per heavy atom. The van der Waals surface area contributed by atoms with E-state index in [4.69, 9.17) is 0 Å². The van der Waals surface area contributed by atoms with Crippen molar-refractivity contribution < 1.29 is 15.0 Å². The van der Waals surface area contributed by atoms with Gasteiger partial charge >= 0.3 is 0 Å². The maximum atomic E-state index is 12.5. The number of carbonyl (C=O) groups excluding carboxylic acids is 1. The first-order valence-corrected chi connectivity index (χ1v) is 8.53. The Labute approximate surface area is 146 Å². The summed E-state index contributed by atoms with van der Waals surface area (Å²) in [5, 5.41) is 28.2. The number of amides is 1. The number of nitrogens with zero attached hydrogens (tertiary/aromatic N) is 4. The van der Waals surface area contributed by atoms with Crippen LogP contribution in [0.25, 0.3) is 0 Å². The Balaban J connectivity index is 1.61. The highest BCUT2D eigenvalue weighted by Crippen LogP contribution is 2.34. The van der Waals surface area contributed by atoms with Crippen molar-refractivity contribution in [1.82, 2.24) is 19.9 Å². The molecule has 134 valence electrons. The molecule has 7 heteroatoms. The molecule has 1 aromatic heterocycles. The van der Waals surface area contributed by atoms with E-state index in [1.807, 2.05) is 31.2 Å². The number of piperidine rings is 1. The molecule has 0 radical (unpaired) electrons. The summed E-state index contributed by atoms with van der Waals surface area (Å²) in [6, 6.07) is 7.85. The highest BCUT2D eigenvalue weighted by atomic mass is 16.3. The number of aryl methyl sites for hydroxylation is 1. The number of rotatable bonds is 4. The summed E-state index contributed by atoms with van der Waals surface area (Å²) in [7, 11) is 0. The lowest BCUT2D eigenvalue weighted by molar-refractivity contribution is -0.136. The van der Waals surface area contributed by atoms with E-state index in [2.05, 4.69) is 10.3 Å². The van der Waals surface area contributed by atoms with Crippen LogP contribution in [-0.2, 0) is 16.9 Å². The minimum atomic E-state index is -0.880. The average Bonchev–Trinajstić information content (AvgIpc) is 3.04. The van der Waals surface area contributed by atoms with Gasteiger partial charge in [0, 0.05) is 13.1 Å². The molecule has 0 aliphatic carbocycles. The van der Waals surface area contributed by atoms with Gasteiger partial charge in [-0.25, -0.2) is 4.68 Å². The van der Waals surface area contributed by atoms with Gasteiger partial charge < -0.3 is 15.1 Å². The molecule has 1 aliphatic rings. The van der Waals surface area contributed by atoms with Crippen LogP contribution < -0.4 is 0 Å². The van der Waals surface area contributed by atoms with E-state index < -0.39 is 11.7 Å². The van der Waals surface area contributed by atoms with Crippen molar-refractivity contribution in [1.29, 1.82) is 0 Å². The lowest BCUT2D eigenvalue weighted by Gasteiger charge is -2.39. The molecule has 2 N–H and O–H groups in total. The first kappa shape index (κ1) is 17.6. The van der Waals surface area contributed by atoms with E-state index >= 15 is 0 Å². The van der Waals surface area contributed by atoms with Crippen LogP contribution in [0.2, 0.25) is 0 Å². The van der Waals surface area contributed by atoms with Crippen LogP contribution in [0.3, 0.4) is 0 Å². The molecule has 1 fully saturated rings. The zero-order valence-corrected chi connectivity index (χ0v) is 14.6. The maximum absolute atomic E-state index is 12.5. The molecule has 25 heavy (non-hydrogen) atoms. The van der Waals surface area contributed by atoms with Gasteiger partial charge in [0.1, 0.15) is 12.2 Å². The minimum absolute atomic E-state index is 0.0612. The van der Waals surface area contributed by atoms with Crippen LogP contribution >= 0.6 is 0 Å². The summed E-state index contributed by atoms with van der Waals surface area (Å²) in [5.74, 6) is -0.0612. The molecule has 1 amide bonds. The van der Waals surface area contributed by atoms with Crippen LogP contribution in [0.4, 0.5) is 0 Å². The van der Waals surface area contributed by atoms with Crippen LogP contribution in [-0.4, -0.2) is 49.1 Å². The molecule has 7 nitrogen and oxygen atoms in total. The first-order valence-electron chi connectivity index (χ1n) is 8.53. The second-order valence-electron chi connectivity index (χ2n) is 6.74. The number of aliphatic hydroxyl groups excluding tert-OH is 1. The monoisotopic (exact) mass is 344 g/mol. The van der Waals surface area contributed by atoms with Crippen molar-refractivity contribution in [3.05, 3.63) is 47.3 Å². The second kappa shape index (κ2) is 6.93. The number of hydrogen-bond acceptors (Lipinski definition) is 5. The number of aromatic nitrogens is 3. The van der Waals surface area contributed by atoms with Gasteiger partial charge in [0.15, 0.2) is 0 Å². The second-order valence-corrected chi connectivity index (χ2v) is 6.74. The van der Waals surface area contributed by atoms with Crippen molar-refractivity contribution in [2.24, 2.45) is 0 Å². The molecule has 0 bridgehead atoms. The Kier molecular flexibility index (Phi) is 4.87. The summed E-state index contributed by atoms with van der Waals surface area (Å²) < 4.78 is 1.44. The predicted octanol–water partition coefficient (Wildman–Crippen LogP) is 1.15. The van der Waals surface area contributed by atoms with E-state index in [1.54, 1.807) is 18.0 Å². The molecule has 0 saturated carbocycles. The molecule has 3 rings (SSSR count). The number of likely N-dealkylation sites (tertiary alicyclic amines) is 1. The SMILES string of the molecule is Cc1ccccc1C1(O)CCN(C(=O)Cn2cc(C(C)O)nn2)CC1. The van der Waals surface area contributed by atoms with Gasteiger partial charge in [-0.1, -0.05) is 29.5 Å². The fraction of sp³-hybridized carbons (Fsp3) is 0.500. The molecule has 1 aliphatic heterocycles. The highest BCUT2D eigenvalue weighted by Gasteiger charge is 2.36. The molecule has 1 unspecified atom stereocenters. The Morgan fingerprint density at radius 3 is 2.60 bits per heavy atom. The van der Waals surface area contributed by atoms with Crippen LogP contribution in [0.5, 0.6) is 0 Å². The zero-order chi connectivity index (χ0) is 18.0. The topological polar surface area (TPSA) is 91.5 Å². The largest absolute Gasteiger partial charge is 0.387 e. The maximum Gasteiger partial charge on any atom is 0.244 e. The summed E-state index contributed by atoms with van der Waals surface area (Å²) >= 11 is 0. The third-order valence-electron chi connectivity index (χ3n) is 4.87. The van der Waals surface area contributed by atoms with Gasteiger partial charge in [0.2, 0.25) is 5.91 Å². The Hall–Kier alpha value is -2.25. The van der Waals surface area contributed by atoms with E-state index in [9.17, 15) is 15.0 Å². The molecule has 1 aromatic carbocycles. The summed E-state index contributed by atoms with van der Waals surface area (Å²) in [4.78, 5) is 14.2. The third kappa shape index (κ3) is 3.72. The van der Waals surface area contributed by atoms with Crippen molar-refractivity contribution in [3.8, 4) is 0 Å². The zero-order valence-electron chi connectivity index (χ0n) is 14.6. The first-order chi connectivity index (χ1) is 11.9. The lowest BCUT2D eigenvalue weighted by Crippen LogP contribution is -2.46. The van der Waals surface area contributed by atoms with E-state index in [0.29, 0.717) is 31.6 Å². The standard InChI is InChI=1S/C18H24N4O3/c1-13-5-3-4-6-15(13)18(25)7-9-21(10-8-18)17(24)12-22-11-16(14(2)23)19-20-22/h3-6,11,14,23,25H,7-10,12H2,1-2H3. The number of aliphatic hydroxyl groups is 2. The van der Waals surface area contributed by atoms with Gasteiger partial charge in [-0.05, 0) is 37.8 Å². The number of carbonyl (C=O) groups is 1. The van der Waals surface area contributed by atoms with Gasteiger partial charge in [-0.3, -0.25) is 4.79 Å². The van der Waals surface area contributed by atoms with Gasteiger partial charge in [0.25, 0.3) is 0 Å². The van der Waals surface area contributed by atoms with Gasteiger partial charge in [-0.15, -0.1) is 5.10 Å². The van der Waals surface area contributed by atoms with E-state index in [1.165, 1.54) is 4.68 Å². The number of hydrogen-bond donors (Lipinski definition) is 2. The Bertz CT molecular complexity index is 748. The van der Waals surface area contributed by atoms with E-state index in [-0.39, 0.29) is 12.5 Å². The summed E-state index contributed by atoms with van der Waals surface area (Å²) in [6.07, 6.45) is 1.90. The van der Waals surface area contributed by atoms with Crippen molar-refractivity contribution >= 4 is 5.91 Å². The van der Waals surface area contributed by atoms with Crippen LogP contribution in [0.1, 0.15) is 42.7 Å². The normalized spacial score (nSPS) is 18.2. The van der Waals surface area contributed by atoms with Crippen molar-refractivity contribution in [2.75, 3.05) is 13.1 Å². The molecule has 2 aromatic rings. The minimum Gasteiger partial charge on any atom is -0.387 e. The third-order valence-corrected chi connectivity index (χ3v) is 4.87. The molecule has 0 spiro atoms. The van der Waals surface area contributed by atoms with E-state index in [0.717, 1.165) is 11.1 Å². The summed E-state index contributed by atoms with van der Waals surface area (Å²) in [5.41, 5.74) is 1.58. The van der Waals surface area contributed by atoms with Gasteiger partial charge in [-0.2, -0.15) is 0 Å². The van der Waals surface area contributed by atoms with Gasteiger partial charge in [0.05, 0.1) is 17.9 Å². The fourth-order valence-electron chi connectivity index (χ4n) is 3.31. The molecular formula is C18H24N4O3. The average molecular weight is 344 g/mol. The van der Waals surface area contributed by atoms with Crippen LogP contribution in [0, 0.1) is 6.92 Å².